The van der Waals surface area contributed by atoms with Gasteiger partial charge >= 0.3 is 17.9 Å². The third-order valence-corrected chi connectivity index (χ3v) is 8.98. The number of carbonyl (C=O) groups excluding carboxylic acids is 4. The molecule has 7 nitrogen and oxygen atoms in total. The lowest BCUT2D eigenvalue weighted by atomic mass is 9.43. The van der Waals surface area contributed by atoms with Crippen LogP contribution in [0.3, 0.4) is 0 Å². The average molecular weight is 404 g/mol. The predicted octanol–water partition coefficient (Wildman–Crippen LogP) is 2.05. The number of ether oxygens (including phenoxy) is 3. The average Bonchev–Trinajstić information content (AvgIpc) is 3.09. The predicted molar refractivity (Wildman–Crippen MR) is 98.1 cm³/mol. The maximum absolute atomic E-state index is 13.4. The van der Waals surface area contributed by atoms with Crippen molar-refractivity contribution in [2.75, 3.05) is 6.61 Å². The first kappa shape index (κ1) is 19.1. The van der Waals surface area contributed by atoms with Crippen molar-refractivity contribution in [2.45, 2.75) is 65.6 Å². The van der Waals surface area contributed by atoms with Gasteiger partial charge in [-0.2, -0.15) is 0 Å². The van der Waals surface area contributed by atoms with E-state index in [-0.39, 0.29) is 36.1 Å². The highest BCUT2D eigenvalue weighted by atomic mass is 16.6. The van der Waals surface area contributed by atoms with E-state index in [0.29, 0.717) is 19.3 Å². The highest BCUT2D eigenvalue weighted by Crippen LogP contribution is 2.70. The molecule has 3 saturated carbocycles. The summed E-state index contributed by atoms with van der Waals surface area (Å²) in [6, 6.07) is 0. The molecule has 7 heteroatoms. The molecule has 5 aliphatic rings. The van der Waals surface area contributed by atoms with Crippen molar-refractivity contribution in [2.24, 2.45) is 39.9 Å². The van der Waals surface area contributed by atoms with Crippen LogP contribution in [0, 0.1) is 39.9 Å². The Kier molecular flexibility index (Phi) is 3.69. The van der Waals surface area contributed by atoms with Gasteiger partial charge in [-0.25, -0.2) is 0 Å². The Balaban J connectivity index is 1.67. The molecule has 3 aliphatic carbocycles. The summed E-state index contributed by atoms with van der Waals surface area (Å²) in [7, 11) is 0. The molecule has 2 aliphatic heterocycles. The number of hydrogen-bond acceptors (Lipinski definition) is 7. The summed E-state index contributed by atoms with van der Waals surface area (Å²) in [4.78, 5) is 51.4. The van der Waals surface area contributed by atoms with Crippen molar-refractivity contribution in [3.05, 3.63) is 0 Å². The molecule has 0 amide bonds. The smallest absolute Gasteiger partial charge is 0.320 e. The monoisotopic (exact) mass is 404 g/mol. The molecule has 29 heavy (non-hydrogen) atoms. The van der Waals surface area contributed by atoms with E-state index in [1.54, 1.807) is 0 Å². The van der Waals surface area contributed by atoms with Gasteiger partial charge in [-0.05, 0) is 31.1 Å². The fourth-order valence-electron chi connectivity index (χ4n) is 7.74. The summed E-state index contributed by atoms with van der Waals surface area (Å²) < 4.78 is 17.2. The van der Waals surface area contributed by atoms with Gasteiger partial charge < -0.3 is 14.2 Å². The number of hydrogen-bond donors (Lipinski definition) is 0. The zero-order valence-corrected chi connectivity index (χ0v) is 17.4. The van der Waals surface area contributed by atoms with Crippen LogP contribution >= 0.6 is 0 Å². The van der Waals surface area contributed by atoms with Crippen molar-refractivity contribution in [3.8, 4) is 0 Å². The first-order valence-electron chi connectivity index (χ1n) is 10.7. The van der Waals surface area contributed by atoms with Gasteiger partial charge in [0, 0.05) is 24.7 Å². The van der Waals surface area contributed by atoms with Crippen molar-refractivity contribution >= 4 is 23.7 Å². The Morgan fingerprint density at radius 1 is 1.17 bits per heavy atom. The van der Waals surface area contributed by atoms with Crippen LogP contribution in [0.2, 0.25) is 0 Å². The summed E-state index contributed by atoms with van der Waals surface area (Å²) in [6.07, 6.45) is 1.26. The van der Waals surface area contributed by atoms with E-state index >= 15 is 0 Å². The van der Waals surface area contributed by atoms with Crippen LogP contribution in [0.1, 0.15) is 53.4 Å². The zero-order chi connectivity index (χ0) is 20.9. The van der Waals surface area contributed by atoms with E-state index in [1.165, 1.54) is 6.92 Å². The van der Waals surface area contributed by atoms with Crippen LogP contribution in [0.15, 0.2) is 0 Å². The van der Waals surface area contributed by atoms with Crippen molar-refractivity contribution in [1.29, 1.82) is 0 Å². The van der Waals surface area contributed by atoms with Gasteiger partial charge in [0.1, 0.15) is 24.2 Å². The Hall–Kier alpha value is -1.92. The lowest BCUT2D eigenvalue weighted by Gasteiger charge is -2.61. The highest BCUT2D eigenvalue weighted by molar-refractivity contribution is 6.08. The van der Waals surface area contributed by atoms with Crippen molar-refractivity contribution < 1.29 is 33.4 Å². The number of rotatable bonds is 1. The van der Waals surface area contributed by atoms with Crippen LogP contribution < -0.4 is 0 Å². The molecule has 0 aromatic rings. The fraction of sp³-hybridized carbons (Fsp3) is 0.818. The van der Waals surface area contributed by atoms with Gasteiger partial charge in [-0.3, -0.25) is 19.2 Å². The molecule has 0 radical (unpaired) electrons. The van der Waals surface area contributed by atoms with E-state index in [1.807, 2.05) is 20.8 Å². The molecule has 158 valence electrons. The summed E-state index contributed by atoms with van der Waals surface area (Å²) in [6.45, 7) is 7.25. The summed E-state index contributed by atoms with van der Waals surface area (Å²) in [5, 5.41) is 0. The van der Waals surface area contributed by atoms with Gasteiger partial charge in [-0.1, -0.05) is 20.8 Å². The molecule has 2 spiro atoms. The third kappa shape index (κ3) is 2.04. The SMILES string of the molecule is CC(=O)O[C@H]1C[C@@H]2OC(=O)[C@@]34C[C@@H](CC[C@H]3[C@]23COC(=O)[C@@H]3C1(C)C)C(C)C4=O. The van der Waals surface area contributed by atoms with Crippen LogP contribution in [-0.4, -0.2) is 42.5 Å². The number of fused-ring (bicyclic) bond motifs is 1. The summed E-state index contributed by atoms with van der Waals surface area (Å²) in [5.41, 5.74) is -2.59. The van der Waals surface area contributed by atoms with E-state index in [0.717, 1.165) is 6.42 Å². The minimum absolute atomic E-state index is 0.0270. The molecule has 5 rings (SSSR count). The lowest BCUT2D eigenvalue weighted by molar-refractivity contribution is -0.247. The fourth-order valence-corrected chi connectivity index (χ4v) is 7.74. The molecular formula is C22H28O7. The van der Waals surface area contributed by atoms with Gasteiger partial charge in [0.2, 0.25) is 0 Å². The van der Waals surface area contributed by atoms with E-state index in [9.17, 15) is 19.2 Å². The van der Waals surface area contributed by atoms with Gasteiger partial charge in [-0.15, -0.1) is 0 Å². The van der Waals surface area contributed by atoms with Gasteiger partial charge in [0.05, 0.1) is 11.3 Å². The Morgan fingerprint density at radius 2 is 1.90 bits per heavy atom. The summed E-state index contributed by atoms with van der Waals surface area (Å²) >= 11 is 0. The molecule has 1 unspecified atom stereocenters. The lowest BCUT2D eigenvalue weighted by Crippen LogP contribution is -2.70. The molecule has 8 atom stereocenters. The van der Waals surface area contributed by atoms with Crippen LogP contribution in [0.5, 0.6) is 0 Å². The third-order valence-electron chi connectivity index (χ3n) is 8.98. The van der Waals surface area contributed by atoms with Gasteiger partial charge in [0.25, 0.3) is 0 Å². The minimum Gasteiger partial charge on any atom is -0.465 e. The first-order valence-corrected chi connectivity index (χ1v) is 10.7. The molecular weight excluding hydrogens is 376 g/mol. The number of carbonyl (C=O) groups is 4. The quantitative estimate of drug-likeness (QED) is 0.375. The van der Waals surface area contributed by atoms with Crippen molar-refractivity contribution in [1.82, 2.24) is 0 Å². The Bertz CT molecular complexity index is 831. The molecule has 0 aromatic carbocycles. The molecule has 2 bridgehead atoms. The first-order chi connectivity index (χ1) is 13.6. The molecule has 5 fully saturated rings. The number of Topliss-reactive ketones (excluding diaryl/α,β-unsaturated/α-hetero) is 1. The van der Waals surface area contributed by atoms with Crippen LogP contribution in [0.25, 0.3) is 0 Å². The second-order valence-corrected chi connectivity index (χ2v) is 10.4. The normalized spacial score (nSPS) is 49.4. The molecule has 0 N–H and O–H groups in total. The number of ketones is 1. The number of cyclic esters (lactones) is 1. The maximum Gasteiger partial charge on any atom is 0.320 e. The molecule has 2 saturated heterocycles. The summed E-state index contributed by atoms with van der Waals surface area (Å²) in [5.74, 6) is -2.08. The minimum atomic E-state index is -1.16. The molecule has 2 heterocycles. The van der Waals surface area contributed by atoms with E-state index < -0.39 is 46.3 Å². The van der Waals surface area contributed by atoms with Crippen molar-refractivity contribution in [3.63, 3.8) is 0 Å². The Morgan fingerprint density at radius 3 is 2.59 bits per heavy atom. The largest absolute Gasteiger partial charge is 0.465 e. The second kappa shape index (κ2) is 5.61. The topological polar surface area (TPSA) is 96.0 Å². The molecule has 0 aromatic heterocycles. The Labute approximate surface area is 169 Å². The van der Waals surface area contributed by atoms with E-state index in [4.69, 9.17) is 14.2 Å². The second-order valence-electron chi connectivity index (χ2n) is 10.4. The highest BCUT2D eigenvalue weighted by Gasteiger charge is 2.79. The van der Waals surface area contributed by atoms with Gasteiger partial charge in [0.15, 0.2) is 5.78 Å². The maximum atomic E-state index is 13.4. The van der Waals surface area contributed by atoms with Crippen LogP contribution in [-0.2, 0) is 33.4 Å². The van der Waals surface area contributed by atoms with E-state index in [2.05, 4.69) is 0 Å². The van der Waals surface area contributed by atoms with Crippen LogP contribution in [0.4, 0.5) is 0 Å². The standard InChI is InChI=1S/C22H28O7/c1-10-12-5-6-13-21(8-12,17(10)24)19(26)29-15-7-14(28-11(2)23)20(3,4)16-18(25)27-9-22(13,15)16/h10,12-16H,5-9H2,1-4H3/t10?,12-,13-,14+,15+,16-,21+,22-/m1/s1. The number of esters is 3. The zero-order valence-electron chi connectivity index (χ0n) is 17.4.